The van der Waals surface area contributed by atoms with Gasteiger partial charge in [-0.05, 0) is 42.9 Å². The molecular formula is C26H25F2N5O3. The van der Waals surface area contributed by atoms with Gasteiger partial charge in [0.15, 0.2) is 5.78 Å². The molecule has 1 aliphatic heterocycles. The molecule has 6 rings (SSSR count). The summed E-state index contributed by atoms with van der Waals surface area (Å²) in [5.74, 6) is -0.312. The van der Waals surface area contributed by atoms with Gasteiger partial charge in [0.05, 0.1) is 11.7 Å². The lowest BCUT2D eigenvalue weighted by molar-refractivity contribution is -0.140. The standard InChI is InChI=1S/C26H25F2N5O3/c1-13(34)24-17-5-6-29-11-22(17)32(31-24)12-23(35)33-20-8-16(20)9-21(33)26(36)30-19-10-18(19)14-3-2-4-15(7-14)25(27)28/h2-7,11,16,18-21,25H,8-10,12H2,1H3,(H,30,36)/t16-,18?,19?,20-,21+/m1/s1. The summed E-state index contributed by atoms with van der Waals surface area (Å²) in [6.07, 6.45) is 2.80. The molecule has 3 aromatic rings. The molecule has 2 unspecified atom stereocenters. The number of Topliss-reactive ketones (excluding diaryl/α,β-unsaturated/α-hetero) is 1. The first-order valence-corrected chi connectivity index (χ1v) is 12.1. The summed E-state index contributed by atoms with van der Waals surface area (Å²) in [6, 6.07) is 7.37. The number of benzene rings is 1. The van der Waals surface area contributed by atoms with Crippen molar-refractivity contribution in [3.63, 3.8) is 0 Å². The fourth-order valence-electron chi connectivity index (χ4n) is 5.59. The van der Waals surface area contributed by atoms with Gasteiger partial charge < -0.3 is 10.2 Å². The Labute approximate surface area is 205 Å². The molecule has 2 aliphatic carbocycles. The van der Waals surface area contributed by atoms with Gasteiger partial charge in [-0.2, -0.15) is 5.10 Å². The molecule has 8 nitrogen and oxygen atoms in total. The van der Waals surface area contributed by atoms with Crippen LogP contribution in [-0.2, 0) is 16.1 Å². The molecule has 36 heavy (non-hydrogen) atoms. The summed E-state index contributed by atoms with van der Waals surface area (Å²) in [6.45, 7) is 1.34. The topological polar surface area (TPSA) is 97.2 Å². The Kier molecular flexibility index (Phi) is 5.35. The average molecular weight is 494 g/mol. The van der Waals surface area contributed by atoms with Crippen molar-refractivity contribution in [2.75, 3.05) is 0 Å². The lowest BCUT2D eigenvalue weighted by Crippen LogP contribution is -2.49. The van der Waals surface area contributed by atoms with Gasteiger partial charge in [-0.15, -0.1) is 0 Å². The van der Waals surface area contributed by atoms with E-state index in [9.17, 15) is 23.2 Å². The summed E-state index contributed by atoms with van der Waals surface area (Å²) < 4.78 is 27.6. The molecule has 3 heterocycles. The van der Waals surface area contributed by atoms with Crippen LogP contribution in [0.5, 0.6) is 0 Å². The molecular weight excluding hydrogens is 468 g/mol. The number of halogens is 2. The number of alkyl halides is 2. The van der Waals surface area contributed by atoms with E-state index in [-0.39, 0.29) is 53.4 Å². The van der Waals surface area contributed by atoms with Crippen LogP contribution in [0.1, 0.15) is 60.1 Å². The largest absolute Gasteiger partial charge is 0.351 e. The van der Waals surface area contributed by atoms with E-state index in [1.54, 1.807) is 29.4 Å². The van der Waals surface area contributed by atoms with Gasteiger partial charge in [0.25, 0.3) is 6.43 Å². The first kappa shape index (κ1) is 22.8. The molecule has 1 N–H and O–H groups in total. The predicted molar refractivity (Wildman–Crippen MR) is 125 cm³/mol. The van der Waals surface area contributed by atoms with Crippen LogP contribution in [0.3, 0.4) is 0 Å². The number of nitrogens with one attached hydrogen (secondary N) is 1. The lowest BCUT2D eigenvalue weighted by Gasteiger charge is -2.27. The molecule has 3 aliphatic rings. The minimum Gasteiger partial charge on any atom is -0.351 e. The smallest absolute Gasteiger partial charge is 0.263 e. The monoisotopic (exact) mass is 493 g/mol. The second-order valence-corrected chi connectivity index (χ2v) is 10.00. The number of carbonyl (C=O) groups is 3. The van der Waals surface area contributed by atoms with Gasteiger partial charge in [0, 0.05) is 42.1 Å². The van der Waals surface area contributed by atoms with Crippen molar-refractivity contribution in [1.29, 1.82) is 0 Å². The molecule has 0 radical (unpaired) electrons. The number of piperidine rings is 1. The van der Waals surface area contributed by atoms with E-state index < -0.39 is 12.5 Å². The van der Waals surface area contributed by atoms with E-state index in [0.717, 1.165) is 12.0 Å². The van der Waals surface area contributed by atoms with E-state index in [2.05, 4.69) is 15.4 Å². The number of amides is 2. The maximum absolute atomic E-state index is 13.4. The minimum absolute atomic E-state index is 0.000629. The summed E-state index contributed by atoms with van der Waals surface area (Å²) in [5.41, 5.74) is 1.65. The van der Waals surface area contributed by atoms with E-state index >= 15 is 0 Å². The number of hydrogen-bond donors (Lipinski definition) is 1. The predicted octanol–water partition coefficient (Wildman–Crippen LogP) is 3.23. The van der Waals surface area contributed by atoms with Crippen molar-refractivity contribution in [2.45, 2.75) is 63.2 Å². The zero-order valence-electron chi connectivity index (χ0n) is 19.6. The molecule has 186 valence electrons. The van der Waals surface area contributed by atoms with Crippen molar-refractivity contribution < 1.29 is 23.2 Å². The normalized spacial score (nSPS) is 26.2. The maximum atomic E-state index is 13.4. The Balaban J connectivity index is 1.15. The van der Waals surface area contributed by atoms with Crippen LogP contribution in [-0.4, -0.2) is 55.4 Å². The molecule has 0 bridgehead atoms. The number of pyridine rings is 1. The number of likely N-dealkylation sites (tertiary alicyclic amines) is 1. The van der Waals surface area contributed by atoms with E-state index in [1.165, 1.54) is 23.7 Å². The molecule has 2 saturated carbocycles. The minimum atomic E-state index is -2.53. The molecule has 0 spiro atoms. The average Bonchev–Trinajstić information content (AvgIpc) is 3.74. The molecule has 1 aromatic carbocycles. The first-order valence-electron chi connectivity index (χ1n) is 12.1. The summed E-state index contributed by atoms with van der Waals surface area (Å²) in [7, 11) is 0. The van der Waals surface area contributed by atoms with Crippen molar-refractivity contribution >= 4 is 28.5 Å². The third-order valence-corrected chi connectivity index (χ3v) is 7.58. The SMILES string of the molecule is CC(=O)c1nn(CC(=O)N2[C@@H]3C[C@@H]3C[C@H]2C(=O)NC2CC2c2cccc(C(F)F)c2)c2cnccc12. The number of carbonyl (C=O) groups excluding carboxylic acids is 3. The fourth-order valence-corrected chi connectivity index (χ4v) is 5.59. The molecule has 2 amide bonds. The summed E-state index contributed by atoms with van der Waals surface area (Å²) in [4.78, 5) is 44.4. The quantitative estimate of drug-likeness (QED) is 0.510. The van der Waals surface area contributed by atoms with Gasteiger partial charge in [-0.1, -0.05) is 18.2 Å². The Morgan fingerprint density at radius 2 is 2.00 bits per heavy atom. The highest BCUT2D eigenvalue weighted by Crippen LogP contribution is 2.48. The number of aromatic nitrogens is 3. The van der Waals surface area contributed by atoms with E-state index in [1.807, 2.05) is 6.07 Å². The van der Waals surface area contributed by atoms with Crippen LogP contribution in [0.25, 0.3) is 10.9 Å². The second kappa shape index (κ2) is 8.46. The molecule has 5 atom stereocenters. The van der Waals surface area contributed by atoms with Gasteiger partial charge >= 0.3 is 0 Å². The Morgan fingerprint density at radius 1 is 1.17 bits per heavy atom. The van der Waals surface area contributed by atoms with E-state index in [4.69, 9.17) is 0 Å². The van der Waals surface area contributed by atoms with Gasteiger partial charge in [-0.3, -0.25) is 24.0 Å². The van der Waals surface area contributed by atoms with Crippen LogP contribution >= 0.6 is 0 Å². The third-order valence-electron chi connectivity index (χ3n) is 7.58. The lowest BCUT2D eigenvalue weighted by atomic mass is 10.1. The molecule has 2 aromatic heterocycles. The Hall–Kier alpha value is -3.69. The first-order chi connectivity index (χ1) is 17.3. The number of nitrogens with zero attached hydrogens (tertiary/aromatic N) is 4. The highest BCUT2D eigenvalue weighted by Gasteiger charge is 2.56. The van der Waals surface area contributed by atoms with Crippen molar-refractivity contribution in [1.82, 2.24) is 25.0 Å². The van der Waals surface area contributed by atoms with Gasteiger partial charge in [-0.25, -0.2) is 8.78 Å². The fraction of sp³-hybridized carbons (Fsp3) is 0.423. The zero-order valence-corrected chi connectivity index (χ0v) is 19.6. The maximum Gasteiger partial charge on any atom is 0.263 e. The van der Waals surface area contributed by atoms with Crippen LogP contribution in [0.15, 0.2) is 42.7 Å². The van der Waals surface area contributed by atoms with Crippen LogP contribution in [0, 0.1) is 5.92 Å². The van der Waals surface area contributed by atoms with E-state index in [0.29, 0.717) is 29.7 Å². The number of hydrogen-bond acceptors (Lipinski definition) is 5. The van der Waals surface area contributed by atoms with Crippen molar-refractivity contribution in [3.05, 3.63) is 59.5 Å². The number of rotatable bonds is 7. The third kappa shape index (κ3) is 3.94. The Bertz CT molecular complexity index is 1390. The van der Waals surface area contributed by atoms with Crippen LogP contribution in [0.4, 0.5) is 8.78 Å². The number of ketones is 1. The molecule has 1 saturated heterocycles. The summed E-state index contributed by atoms with van der Waals surface area (Å²) in [5, 5.41) is 8.03. The van der Waals surface area contributed by atoms with Crippen molar-refractivity contribution in [3.8, 4) is 0 Å². The summed E-state index contributed by atoms with van der Waals surface area (Å²) >= 11 is 0. The Morgan fingerprint density at radius 3 is 2.78 bits per heavy atom. The van der Waals surface area contributed by atoms with Gasteiger partial charge in [0.2, 0.25) is 11.8 Å². The van der Waals surface area contributed by atoms with Crippen LogP contribution in [0.2, 0.25) is 0 Å². The highest BCUT2D eigenvalue weighted by atomic mass is 19.3. The van der Waals surface area contributed by atoms with Gasteiger partial charge in [0.1, 0.15) is 18.3 Å². The molecule has 10 heteroatoms. The highest BCUT2D eigenvalue weighted by molar-refractivity contribution is 6.04. The van der Waals surface area contributed by atoms with Crippen LogP contribution < -0.4 is 5.32 Å². The zero-order chi connectivity index (χ0) is 25.1. The second-order valence-electron chi connectivity index (χ2n) is 10.00. The van der Waals surface area contributed by atoms with Crippen molar-refractivity contribution in [2.24, 2.45) is 5.92 Å². The molecule has 3 fully saturated rings. The number of fused-ring (bicyclic) bond motifs is 2.